The van der Waals surface area contributed by atoms with E-state index in [1.165, 1.54) is 212 Å². The molecule has 0 aliphatic heterocycles. The largest absolute Gasteiger partial charge is 0.472 e. The van der Waals surface area contributed by atoms with Crippen molar-refractivity contribution in [2.24, 2.45) is 23.7 Å². The van der Waals surface area contributed by atoms with Crippen LogP contribution in [0.15, 0.2) is 0 Å². The molecule has 0 spiro atoms. The van der Waals surface area contributed by atoms with Gasteiger partial charge >= 0.3 is 39.5 Å². The second kappa shape index (κ2) is 69.1. The number of carbonyl (C=O) groups is 4. The van der Waals surface area contributed by atoms with Crippen molar-refractivity contribution in [2.45, 2.75) is 427 Å². The number of ether oxygens (including phenoxy) is 4. The number of aliphatic hydroxyl groups is 1. The number of rotatable bonds is 77. The SMILES string of the molecule is CCC(C)CCCCCCCCCCCCCCCCC(=O)O[C@H](COC(=O)CCCCCCCCCCCCCCC(C)C)COP(=O)(O)OC[C@@H](O)COP(=O)(O)OC[C@@H](COC(=O)CCCCCCCCCCCC(C)C)OC(=O)CCCCCCCCCCCCC(C)CC. The Labute approximate surface area is 607 Å². The zero-order chi connectivity index (χ0) is 73.1. The number of aliphatic hydroxyl groups excluding tert-OH is 1. The molecule has 0 aliphatic rings. The van der Waals surface area contributed by atoms with Gasteiger partial charge in [-0.1, -0.05) is 357 Å². The third-order valence-corrected chi connectivity index (χ3v) is 21.2. The maximum Gasteiger partial charge on any atom is 0.472 e. The third-order valence-electron chi connectivity index (χ3n) is 19.3. The Morgan fingerprint density at radius 3 is 0.717 bits per heavy atom. The van der Waals surface area contributed by atoms with Gasteiger partial charge in [0, 0.05) is 25.7 Å². The average Bonchev–Trinajstić information content (AvgIpc) is 0.943. The van der Waals surface area contributed by atoms with Crippen molar-refractivity contribution >= 4 is 39.5 Å². The van der Waals surface area contributed by atoms with E-state index in [4.69, 9.17) is 37.0 Å². The topological polar surface area (TPSA) is 237 Å². The Balaban J connectivity index is 5.28. The van der Waals surface area contributed by atoms with E-state index in [1.807, 2.05) is 0 Å². The number of phosphoric ester groups is 2. The summed E-state index contributed by atoms with van der Waals surface area (Å²) in [6.07, 6.45) is 55.3. The molecule has 0 aromatic rings. The van der Waals surface area contributed by atoms with Crippen LogP contribution in [0.2, 0.25) is 0 Å². The lowest BCUT2D eigenvalue weighted by molar-refractivity contribution is -0.161. The lowest BCUT2D eigenvalue weighted by atomic mass is 9.99. The van der Waals surface area contributed by atoms with Gasteiger partial charge in [-0.05, 0) is 49.4 Å². The van der Waals surface area contributed by atoms with Crippen LogP contribution in [-0.4, -0.2) is 96.7 Å². The Morgan fingerprint density at radius 1 is 0.283 bits per heavy atom. The number of unbranched alkanes of at least 4 members (excludes halogenated alkanes) is 41. The maximum atomic E-state index is 13.1. The van der Waals surface area contributed by atoms with Crippen molar-refractivity contribution in [2.75, 3.05) is 39.6 Å². The summed E-state index contributed by atoms with van der Waals surface area (Å²) in [5, 5.41) is 10.6. The second-order valence-corrected chi connectivity index (χ2v) is 33.1. The zero-order valence-corrected chi connectivity index (χ0v) is 66.9. The highest BCUT2D eigenvalue weighted by Crippen LogP contribution is 2.45. The number of phosphoric acid groups is 2. The fourth-order valence-electron chi connectivity index (χ4n) is 12.2. The molecule has 0 aromatic heterocycles. The van der Waals surface area contributed by atoms with Gasteiger partial charge in [-0.3, -0.25) is 37.3 Å². The quantitative estimate of drug-likeness (QED) is 0.0222. The normalized spacial score (nSPS) is 14.6. The van der Waals surface area contributed by atoms with Gasteiger partial charge in [0.25, 0.3) is 0 Å². The summed E-state index contributed by atoms with van der Waals surface area (Å²) in [7, 11) is -9.92. The van der Waals surface area contributed by atoms with Crippen LogP contribution >= 0.6 is 15.6 Å². The fourth-order valence-corrected chi connectivity index (χ4v) is 13.8. The molecule has 3 N–H and O–H groups in total. The molecular weight excluding hydrogens is 1290 g/mol. The predicted octanol–water partition coefficient (Wildman–Crippen LogP) is 23.6. The standard InChI is InChI=1S/C80H156O17P2/c1-9-72(7)58-50-42-34-26-18-13-11-12-14-20-29-38-46-54-62-79(84)96-75(66-90-77(82)60-52-44-36-28-19-16-15-17-24-32-40-48-56-70(3)4)68-94-98(86,87)92-64-74(81)65-93-99(88,89)95-69-76(67-91-78(83)61-53-45-37-31-23-25-33-41-49-57-71(5)6)97-80(85)63-55-47-39-30-22-21-27-35-43-51-59-73(8)10-2/h70-76,81H,9-69H2,1-8H3,(H,86,87)(H,88,89)/t72?,73?,74-,75-,76-/m1/s1. The molecule has 0 saturated heterocycles. The van der Waals surface area contributed by atoms with Crippen LogP contribution in [0.25, 0.3) is 0 Å². The molecule has 0 aromatic carbocycles. The first-order valence-electron chi connectivity index (χ1n) is 41.3. The van der Waals surface area contributed by atoms with Gasteiger partial charge in [0.05, 0.1) is 26.4 Å². The molecule has 0 fully saturated rings. The number of esters is 4. The summed E-state index contributed by atoms with van der Waals surface area (Å²) in [6, 6.07) is 0. The minimum Gasteiger partial charge on any atom is -0.462 e. The lowest BCUT2D eigenvalue weighted by Crippen LogP contribution is -2.30. The Morgan fingerprint density at radius 2 is 0.485 bits per heavy atom. The summed E-state index contributed by atoms with van der Waals surface area (Å²) >= 11 is 0. The van der Waals surface area contributed by atoms with Gasteiger partial charge < -0.3 is 33.8 Å². The van der Waals surface area contributed by atoms with E-state index >= 15 is 0 Å². The molecule has 0 heterocycles. The number of carbonyl (C=O) groups excluding carboxylic acids is 4. The van der Waals surface area contributed by atoms with Gasteiger partial charge in [0.1, 0.15) is 19.3 Å². The molecule has 0 aliphatic carbocycles. The molecule has 19 heteroatoms. The summed E-state index contributed by atoms with van der Waals surface area (Å²) in [4.78, 5) is 73.0. The first-order chi connectivity index (χ1) is 47.7. The molecule has 588 valence electrons. The van der Waals surface area contributed by atoms with Crippen LogP contribution in [0.5, 0.6) is 0 Å². The van der Waals surface area contributed by atoms with Crippen molar-refractivity contribution in [3.8, 4) is 0 Å². The first kappa shape index (κ1) is 97.1. The highest BCUT2D eigenvalue weighted by molar-refractivity contribution is 7.47. The third kappa shape index (κ3) is 71.5. The molecule has 0 radical (unpaired) electrons. The van der Waals surface area contributed by atoms with Crippen molar-refractivity contribution in [1.29, 1.82) is 0 Å². The predicted molar refractivity (Wildman–Crippen MR) is 404 cm³/mol. The highest BCUT2D eigenvalue weighted by Gasteiger charge is 2.30. The van der Waals surface area contributed by atoms with Crippen molar-refractivity contribution < 1.29 is 80.2 Å². The average molecular weight is 1450 g/mol. The van der Waals surface area contributed by atoms with Crippen LogP contribution < -0.4 is 0 Å². The van der Waals surface area contributed by atoms with E-state index < -0.39 is 97.5 Å². The van der Waals surface area contributed by atoms with Gasteiger partial charge in [0.2, 0.25) is 0 Å². The first-order valence-corrected chi connectivity index (χ1v) is 44.3. The molecular formula is C80H156O17P2. The van der Waals surface area contributed by atoms with Gasteiger partial charge in [-0.25, -0.2) is 9.13 Å². The maximum absolute atomic E-state index is 13.1. The highest BCUT2D eigenvalue weighted by atomic mass is 31.2. The minimum absolute atomic E-state index is 0.106. The van der Waals surface area contributed by atoms with Gasteiger partial charge in [-0.2, -0.15) is 0 Å². The van der Waals surface area contributed by atoms with E-state index in [1.54, 1.807) is 0 Å². The Bertz CT molecular complexity index is 1940. The van der Waals surface area contributed by atoms with E-state index in [2.05, 4.69) is 55.4 Å². The monoisotopic (exact) mass is 1450 g/mol. The minimum atomic E-state index is -4.96. The number of hydrogen-bond acceptors (Lipinski definition) is 15. The van der Waals surface area contributed by atoms with Crippen molar-refractivity contribution in [3.63, 3.8) is 0 Å². The van der Waals surface area contributed by atoms with Crippen LogP contribution in [0.1, 0.15) is 409 Å². The molecule has 99 heavy (non-hydrogen) atoms. The molecule has 7 atom stereocenters. The summed E-state index contributed by atoms with van der Waals surface area (Å²) < 4.78 is 68.7. The summed E-state index contributed by atoms with van der Waals surface area (Å²) in [5.41, 5.74) is 0. The second-order valence-electron chi connectivity index (χ2n) is 30.2. The summed E-state index contributed by atoms with van der Waals surface area (Å²) in [5.74, 6) is 1.06. The zero-order valence-electron chi connectivity index (χ0n) is 65.1. The molecule has 0 rings (SSSR count). The van der Waals surface area contributed by atoms with Gasteiger partial charge in [0.15, 0.2) is 12.2 Å². The van der Waals surface area contributed by atoms with Crippen LogP contribution in [0.3, 0.4) is 0 Å². The molecule has 0 amide bonds. The lowest BCUT2D eigenvalue weighted by Gasteiger charge is -2.21. The smallest absolute Gasteiger partial charge is 0.462 e. The van der Waals surface area contributed by atoms with E-state index in [0.29, 0.717) is 25.7 Å². The van der Waals surface area contributed by atoms with E-state index in [9.17, 15) is 43.2 Å². The van der Waals surface area contributed by atoms with Crippen LogP contribution in [0.4, 0.5) is 0 Å². The van der Waals surface area contributed by atoms with Crippen LogP contribution in [0, 0.1) is 23.7 Å². The molecule has 0 bridgehead atoms. The Hall–Kier alpha value is -1.94. The molecule has 4 unspecified atom stereocenters. The molecule has 0 saturated carbocycles. The van der Waals surface area contributed by atoms with E-state index in [0.717, 1.165) is 114 Å². The van der Waals surface area contributed by atoms with Gasteiger partial charge in [-0.15, -0.1) is 0 Å². The van der Waals surface area contributed by atoms with E-state index in [-0.39, 0.29) is 25.7 Å². The molecule has 17 nitrogen and oxygen atoms in total. The summed E-state index contributed by atoms with van der Waals surface area (Å²) in [6.45, 7) is 14.3. The van der Waals surface area contributed by atoms with Crippen molar-refractivity contribution in [3.05, 3.63) is 0 Å². The van der Waals surface area contributed by atoms with Crippen molar-refractivity contribution in [1.82, 2.24) is 0 Å². The van der Waals surface area contributed by atoms with Crippen LogP contribution in [-0.2, 0) is 65.4 Å². The fraction of sp³-hybridized carbons (Fsp3) is 0.950. The Kier molecular flexibility index (Phi) is 67.8. The number of hydrogen-bond donors (Lipinski definition) is 3.